The quantitative estimate of drug-likeness (QED) is 0.637. The van der Waals surface area contributed by atoms with E-state index in [0.717, 1.165) is 6.42 Å². The summed E-state index contributed by atoms with van der Waals surface area (Å²) in [5.74, 6) is 0.897. The summed E-state index contributed by atoms with van der Waals surface area (Å²) < 4.78 is 0. The maximum Gasteiger partial charge on any atom is 0.136 e. The summed E-state index contributed by atoms with van der Waals surface area (Å²) >= 11 is 0. The number of allylic oxidation sites excluding steroid dienone is 4. The molecule has 15 heavy (non-hydrogen) atoms. The molecule has 1 unspecified atom stereocenters. The third kappa shape index (κ3) is 2.80. The molecule has 1 nitrogen and oxygen atoms in total. The summed E-state index contributed by atoms with van der Waals surface area (Å²) in [7, 11) is 0. The minimum absolute atomic E-state index is 0.270. The minimum atomic E-state index is 0.270. The molecule has 1 heteroatoms. The van der Waals surface area contributed by atoms with Crippen molar-refractivity contribution in [3.8, 4) is 0 Å². The van der Waals surface area contributed by atoms with E-state index in [1.165, 1.54) is 5.57 Å². The summed E-state index contributed by atoms with van der Waals surface area (Å²) in [5, 5.41) is 0. The van der Waals surface area contributed by atoms with Gasteiger partial charge in [0.1, 0.15) is 5.78 Å². The summed E-state index contributed by atoms with van der Waals surface area (Å²) in [6.45, 7) is 8.68. The Morgan fingerprint density at radius 3 is 2.73 bits per heavy atom. The molecule has 0 saturated carbocycles. The number of hydrogen-bond acceptors (Lipinski definition) is 1. The third-order valence-corrected chi connectivity index (χ3v) is 3.73. The van der Waals surface area contributed by atoms with E-state index in [-0.39, 0.29) is 5.41 Å². The van der Waals surface area contributed by atoms with Gasteiger partial charge < -0.3 is 0 Å². The lowest BCUT2D eigenvalue weighted by atomic mass is 9.77. The molecule has 0 heterocycles. The van der Waals surface area contributed by atoms with Crippen LogP contribution in [0.2, 0.25) is 0 Å². The molecule has 1 aliphatic rings. The standard InChI is InChI=1S/C14H22O/c1-5-13(15)8-6-7-12-10-9-11(2)14(12,3)4/h6-7,9,12H,5,8,10H2,1-4H3. The van der Waals surface area contributed by atoms with E-state index in [4.69, 9.17) is 0 Å². The number of ketones is 1. The summed E-state index contributed by atoms with van der Waals surface area (Å²) in [4.78, 5) is 11.1. The first-order valence-electron chi connectivity index (χ1n) is 5.84. The van der Waals surface area contributed by atoms with Gasteiger partial charge in [0.15, 0.2) is 0 Å². The van der Waals surface area contributed by atoms with Crippen molar-refractivity contribution in [3.63, 3.8) is 0 Å². The van der Waals surface area contributed by atoms with Gasteiger partial charge in [0.05, 0.1) is 0 Å². The van der Waals surface area contributed by atoms with Gasteiger partial charge in [0.25, 0.3) is 0 Å². The lowest BCUT2D eigenvalue weighted by molar-refractivity contribution is -0.117. The van der Waals surface area contributed by atoms with Gasteiger partial charge in [-0.3, -0.25) is 4.79 Å². The Kier molecular flexibility index (Phi) is 3.90. The zero-order chi connectivity index (χ0) is 11.5. The number of hydrogen-bond donors (Lipinski definition) is 0. The van der Waals surface area contributed by atoms with Crippen LogP contribution in [0.1, 0.15) is 47.0 Å². The normalized spacial score (nSPS) is 24.5. The molecule has 1 atom stereocenters. The smallest absolute Gasteiger partial charge is 0.136 e. The van der Waals surface area contributed by atoms with E-state index in [0.29, 0.717) is 24.5 Å². The van der Waals surface area contributed by atoms with Crippen LogP contribution in [0.3, 0.4) is 0 Å². The van der Waals surface area contributed by atoms with E-state index >= 15 is 0 Å². The minimum Gasteiger partial charge on any atom is -0.299 e. The third-order valence-electron chi connectivity index (χ3n) is 3.73. The maximum atomic E-state index is 11.1. The Hall–Kier alpha value is -0.850. The van der Waals surface area contributed by atoms with Gasteiger partial charge in [-0.2, -0.15) is 0 Å². The van der Waals surface area contributed by atoms with Gasteiger partial charge in [0, 0.05) is 12.8 Å². The van der Waals surface area contributed by atoms with Crippen molar-refractivity contribution in [2.75, 3.05) is 0 Å². The van der Waals surface area contributed by atoms with E-state index in [2.05, 4.69) is 32.9 Å². The van der Waals surface area contributed by atoms with Crippen molar-refractivity contribution < 1.29 is 4.79 Å². The Morgan fingerprint density at radius 2 is 2.27 bits per heavy atom. The zero-order valence-corrected chi connectivity index (χ0v) is 10.3. The van der Waals surface area contributed by atoms with Gasteiger partial charge >= 0.3 is 0 Å². The number of carbonyl (C=O) groups is 1. The van der Waals surface area contributed by atoms with Crippen LogP contribution in [0.25, 0.3) is 0 Å². The topological polar surface area (TPSA) is 17.1 Å². The van der Waals surface area contributed by atoms with Crippen molar-refractivity contribution in [3.05, 3.63) is 23.8 Å². The highest BCUT2D eigenvalue weighted by Crippen LogP contribution is 2.43. The number of Topliss-reactive ketones (excluding diaryl/α,β-unsaturated/α-hetero) is 1. The molecule has 84 valence electrons. The van der Waals surface area contributed by atoms with E-state index < -0.39 is 0 Å². The highest BCUT2D eigenvalue weighted by Gasteiger charge is 2.32. The lowest BCUT2D eigenvalue weighted by Crippen LogP contribution is -2.18. The molecule has 1 rings (SSSR count). The van der Waals surface area contributed by atoms with Crippen LogP contribution >= 0.6 is 0 Å². The molecule has 0 spiro atoms. The second kappa shape index (κ2) is 4.78. The summed E-state index contributed by atoms with van der Waals surface area (Å²) in [5.41, 5.74) is 1.74. The van der Waals surface area contributed by atoms with Crippen LogP contribution in [0.4, 0.5) is 0 Å². The molecule has 0 aromatic heterocycles. The fourth-order valence-corrected chi connectivity index (χ4v) is 1.98. The SMILES string of the molecule is CCC(=O)CC=CC1CC=C(C)C1(C)C. The predicted octanol–water partition coefficient (Wildman–Crippen LogP) is 3.90. The largest absolute Gasteiger partial charge is 0.299 e. The number of rotatable bonds is 4. The van der Waals surface area contributed by atoms with Crippen LogP contribution in [0.15, 0.2) is 23.8 Å². The molecule has 0 saturated heterocycles. The Morgan fingerprint density at radius 1 is 1.60 bits per heavy atom. The molecule has 0 N–H and O–H groups in total. The maximum absolute atomic E-state index is 11.1. The van der Waals surface area contributed by atoms with Crippen molar-refractivity contribution in [1.82, 2.24) is 0 Å². The second-order valence-electron chi connectivity index (χ2n) is 4.98. The summed E-state index contributed by atoms with van der Waals surface area (Å²) in [6, 6.07) is 0. The van der Waals surface area contributed by atoms with Gasteiger partial charge in [-0.25, -0.2) is 0 Å². The van der Waals surface area contributed by atoms with Crippen molar-refractivity contribution in [2.45, 2.75) is 47.0 Å². The molecular formula is C14H22O. The fourth-order valence-electron chi connectivity index (χ4n) is 1.98. The zero-order valence-electron chi connectivity index (χ0n) is 10.3. The van der Waals surface area contributed by atoms with E-state index in [1.807, 2.05) is 13.0 Å². The van der Waals surface area contributed by atoms with E-state index in [9.17, 15) is 4.79 Å². The van der Waals surface area contributed by atoms with Crippen molar-refractivity contribution in [2.24, 2.45) is 11.3 Å². The average Bonchev–Trinajstić information content (AvgIpc) is 2.44. The lowest BCUT2D eigenvalue weighted by Gasteiger charge is -2.27. The first kappa shape index (κ1) is 12.2. The average molecular weight is 206 g/mol. The first-order valence-corrected chi connectivity index (χ1v) is 5.84. The molecule has 1 aliphatic carbocycles. The molecular weight excluding hydrogens is 184 g/mol. The molecule has 0 aliphatic heterocycles. The molecule has 0 fully saturated rings. The summed E-state index contributed by atoms with van der Waals surface area (Å²) in [6.07, 6.45) is 8.95. The number of carbonyl (C=O) groups excluding carboxylic acids is 1. The second-order valence-corrected chi connectivity index (χ2v) is 4.98. The van der Waals surface area contributed by atoms with Crippen LogP contribution in [0.5, 0.6) is 0 Å². The highest BCUT2D eigenvalue weighted by molar-refractivity contribution is 5.79. The molecule has 0 amide bonds. The van der Waals surface area contributed by atoms with Gasteiger partial charge in [0.2, 0.25) is 0 Å². The van der Waals surface area contributed by atoms with Gasteiger partial charge in [-0.05, 0) is 24.7 Å². The Labute approximate surface area is 93.3 Å². The monoisotopic (exact) mass is 206 g/mol. The van der Waals surface area contributed by atoms with Crippen LogP contribution < -0.4 is 0 Å². The van der Waals surface area contributed by atoms with Gasteiger partial charge in [-0.1, -0.05) is 44.6 Å². The molecule has 0 radical (unpaired) electrons. The highest BCUT2D eigenvalue weighted by atomic mass is 16.1. The van der Waals surface area contributed by atoms with Gasteiger partial charge in [-0.15, -0.1) is 0 Å². The molecule has 0 bridgehead atoms. The molecule has 0 aromatic rings. The molecule has 0 aromatic carbocycles. The van der Waals surface area contributed by atoms with Crippen LogP contribution in [0, 0.1) is 11.3 Å². The fraction of sp³-hybridized carbons (Fsp3) is 0.643. The predicted molar refractivity (Wildman–Crippen MR) is 64.7 cm³/mol. The Balaban J connectivity index is 2.51. The van der Waals surface area contributed by atoms with Crippen molar-refractivity contribution >= 4 is 5.78 Å². The van der Waals surface area contributed by atoms with Crippen LogP contribution in [-0.2, 0) is 4.79 Å². The van der Waals surface area contributed by atoms with Crippen molar-refractivity contribution in [1.29, 1.82) is 0 Å². The first-order chi connectivity index (χ1) is 6.98. The van der Waals surface area contributed by atoms with Crippen LogP contribution in [-0.4, -0.2) is 5.78 Å². The Bertz CT molecular complexity index is 294. The van der Waals surface area contributed by atoms with E-state index in [1.54, 1.807) is 0 Å².